The van der Waals surface area contributed by atoms with Crippen molar-refractivity contribution in [1.82, 2.24) is 9.80 Å². The second-order valence-electron chi connectivity index (χ2n) is 7.28. The van der Waals surface area contributed by atoms with E-state index in [1.807, 2.05) is 4.90 Å². The summed E-state index contributed by atoms with van der Waals surface area (Å²) in [5.41, 5.74) is -1.06. The van der Waals surface area contributed by atoms with Crippen molar-refractivity contribution in [2.24, 2.45) is 5.41 Å². The molecule has 2 aliphatic heterocycles. The highest BCUT2D eigenvalue weighted by molar-refractivity contribution is 5.81. The summed E-state index contributed by atoms with van der Waals surface area (Å²) >= 11 is 0. The van der Waals surface area contributed by atoms with Crippen molar-refractivity contribution in [3.63, 3.8) is 0 Å². The number of carboxylic acids is 1. The third kappa shape index (κ3) is 4.45. The molecule has 1 aromatic rings. The monoisotopic (exact) mass is 380 g/mol. The lowest BCUT2D eigenvalue weighted by Gasteiger charge is -2.44. The van der Waals surface area contributed by atoms with Gasteiger partial charge in [-0.3, -0.25) is 14.5 Å². The number of carbonyl (C=O) groups excluding carboxylic acids is 1. The fourth-order valence-corrected chi connectivity index (χ4v) is 3.81. The number of rotatable bonds is 5. The van der Waals surface area contributed by atoms with E-state index in [9.17, 15) is 24.2 Å². The number of aliphatic hydroxyl groups excluding tert-OH is 1. The number of benzene rings is 1. The van der Waals surface area contributed by atoms with Crippen LogP contribution in [0.25, 0.3) is 0 Å². The number of halogens is 1. The van der Waals surface area contributed by atoms with Crippen LogP contribution in [0, 0.1) is 11.2 Å². The molecule has 1 amide bonds. The predicted octanol–water partition coefficient (Wildman–Crippen LogP) is 0.365. The fraction of sp³-hybridized carbons (Fsp3) is 0.579. The van der Waals surface area contributed by atoms with Crippen LogP contribution in [-0.2, 0) is 20.7 Å². The van der Waals surface area contributed by atoms with Gasteiger partial charge in [-0.25, -0.2) is 4.39 Å². The molecule has 0 aliphatic carbocycles. The zero-order valence-electron chi connectivity index (χ0n) is 15.1. The molecule has 0 unspecified atom stereocenters. The zero-order valence-corrected chi connectivity index (χ0v) is 15.1. The van der Waals surface area contributed by atoms with Gasteiger partial charge in [0.1, 0.15) is 11.2 Å². The molecule has 27 heavy (non-hydrogen) atoms. The lowest BCUT2D eigenvalue weighted by Crippen LogP contribution is -2.59. The van der Waals surface area contributed by atoms with Crippen LogP contribution in [0.4, 0.5) is 4.39 Å². The minimum Gasteiger partial charge on any atom is -0.481 e. The van der Waals surface area contributed by atoms with Crippen molar-refractivity contribution in [3.8, 4) is 0 Å². The lowest BCUT2D eigenvalue weighted by molar-refractivity contribution is -0.166. The fourth-order valence-electron chi connectivity index (χ4n) is 3.81. The molecule has 2 atom stereocenters. The summed E-state index contributed by atoms with van der Waals surface area (Å²) in [5.74, 6) is -1.80. The Morgan fingerprint density at radius 2 is 2.00 bits per heavy atom. The Labute approximate surface area is 157 Å². The molecule has 3 rings (SSSR count). The number of aliphatic hydroxyl groups is 1. The number of carbonyl (C=O) groups is 2. The van der Waals surface area contributed by atoms with Crippen LogP contribution in [0.5, 0.6) is 0 Å². The molecular formula is C19H25FN2O5. The van der Waals surface area contributed by atoms with Gasteiger partial charge in [-0.15, -0.1) is 0 Å². The van der Waals surface area contributed by atoms with Crippen molar-refractivity contribution >= 4 is 11.9 Å². The molecule has 0 aromatic heterocycles. The van der Waals surface area contributed by atoms with Gasteiger partial charge >= 0.3 is 5.97 Å². The summed E-state index contributed by atoms with van der Waals surface area (Å²) in [4.78, 5) is 28.3. The molecular weight excluding hydrogens is 355 g/mol. The van der Waals surface area contributed by atoms with Crippen molar-refractivity contribution in [2.75, 3.05) is 45.9 Å². The molecule has 2 aliphatic rings. The number of likely N-dealkylation sites (tertiary alicyclic amines) is 1. The van der Waals surface area contributed by atoms with Gasteiger partial charge in [0.15, 0.2) is 0 Å². The van der Waals surface area contributed by atoms with Gasteiger partial charge in [-0.2, -0.15) is 0 Å². The maximum absolute atomic E-state index is 13.5. The number of morpholine rings is 1. The van der Waals surface area contributed by atoms with E-state index in [2.05, 4.69) is 0 Å². The highest BCUT2D eigenvalue weighted by atomic mass is 19.1. The number of ether oxygens (including phenoxy) is 1. The molecule has 7 nitrogen and oxygen atoms in total. The Bertz CT molecular complexity index is 694. The highest BCUT2D eigenvalue weighted by Crippen LogP contribution is 2.35. The number of nitrogens with zero attached hydrogens (tertiary/aromatic N) is 2. The van der Waals surface area contributed by atoms with Gasteiger partial charge in [0.2, 0.25) is 5.91 Å². The number of piperidine rings is 1. The van der Waals surface area contributed by atoms with Crippen LogP contribution < -0.4 is 0 Å². The first-order chi connectivity index (χ1) is 12.9. The van der Waals surface area contributed by atoms with E-state index < -0.39 is 23.3 Å². The average molecular weight is 380 g/mol. The van der Waals surface area contributed by atoms with E-state index in [1.165, 1.54) is 23.1 Å². The van der Waals surface area contributed by atoms with Crippen molar-refractivity contribution in [3.05, 3.63) is 35.6 Å². The smallest absolute Gasteiger partial charge is 0.314 e. The largest absolute Gasteiger partial charge is 0.481 e. The molecule has 0 spiro atoms. The maximum atomic E-state index is 13.5. The lowest BCUT2D eigenvalue weighted by atomic mass is 9.72. The predicted molar refractivity (Wildman–Crippen MR) is 94.6 cm³/mol. The molecule has 148 valence electrons. The quantitative estimate of drug-likeness (QED) is 0.767. The third-order valence-electron chi connectivity index (χ3n) is 5.43. The summed E-state index contributed by atoms with van der Waals surface area (Å²) < 4.78 is 18.8. The number of hydrogen-bond donors (Lipinski definition) is 2. The van der Waals surface area contributed by atoms with E-state index in [0.29, 0.717) is 38.4 Å². The Balaban J connectivity index is 1.75. The van der Waals surface area contributed by atoms with Gasteiger partial charge in [0, 0.05) is 26.2 Å². The summed E-state index contributed by atoms with van der Waals surface area (Å²) in [7, 11) is 0. The van der Waals surface area contributed by atoms with E-state index in [1.54, 1.807) is 6.07 Å². The Kier molecular flexibility index (Phi) is 6.08. The molecule has 0 saturated carbocycles. The Morgan fingerprint density at radius 1 is 1.26 bits per heavy atom. The molecule has 0 radical (unpaired) electrons. The van der Waals surface area contributed by atoms with Crippen molar-refractivity contribution in [1.29, 1.82) is 0 Å². The molecule has 8 heteroatoms. The number of carboxylic acid groups (broad SMARTS) is 1. The second kappa shape index (κ2) is 8.33. The normalized spacial score (nSPS) is 26.7. The van der Waals surface area contributed by atoms with E-state index in [4.69, 9.17) is 4.74 Å². The summed E-state index contributed by atoms with van der Waals surface area (Å²) in [6.07, 6.45) is -0.968. The SMILES string of the molecule is O=C(CN1CCOCC1)N1CC[C@H](O)[C@](Cc2cccc(F)c2)(C(=O)O)C1. The van der Waals surface area contributed by atoms with Gasteiger partial charge in [0.25, 0.3) is 0 Å². The van der Waals surface area contributed by atoms with E-state index >= 15 is 0 Å². The van der Waals surface area contributed by atoms with Crippen LogP contribution in [0.2, 0.25) is 0 Å². The minimum atomic E-state index is -1.55. The summed E-state index contributed by atoms with van der Waals surface area (Å²) in [6, 6.07) is 5.70. The first-order valence-electron chi connectivity index (χ1n) is 9.14. The minimum absolute atomic E-state index is 0.0391. The van der Waals surface area contributed by atoms with Gasteiger partial charge in [-0.1, -0.05) is 12.1 Å². The van der Waals surface area contributed by atoms with Gasteiger partial charge < -0.3 is 19.8 Å². The van der Waals surface area contributed by atoms with E-state index in [0.717, 1.165) is 0 Å². The maximum Gasteiger partial charge on any atom is 0.314 e. The number of aliphatic carboxylic acids is 1. The standard InChI is InChI=1S/C19H25FN2O5/c20-15-3-1-2-14(10-15)11-19(18(25)26)13-22(5-4-16(19)23)17(24)12-21-6-8-27-9-7-21/h1-3,10,16,23H,4-9,11-13H2,(H,25,26)/t16-,19+/m0/s1. The summed E-state index contributed by atoms with van der Waals surface area (Å²) in [6.45, 7) is 2.89. The van der Waals surface area contributed by atoms with Crippen LogP contribution in [0.3, 0.4) is 0 Å². The van der Waals surface area contributed by atoms with Crippen molar-refractivity contribution in [2.45, 2.75) is 18.9 Å². The number of amides is 1. The highest BCUT2D eigenvalue weighted by Gasteiger charge is 2.50. The average Bonchev–Trinajstić information content (AvgIpc) is 2.64. The topological polar surface area (TPSA) is 90.3 Å². The van der Waals surface area contributed by atoms with Gasteiger partial charge in [0.05, 0.1) is 25.9 Å². The third-order valence-corrected chi connectivity index (χ3v) is 5.43. The molecule has 2 fully saturated rings. The Hall–Kier alpha value is -2.03. The first-order valence-corrected chi connectivity index (χ1v) is 9.14. The van der Waals surface area contributed by atoms with E-state index in [-0.39, 0.29) is 31.8 Å². The van der Waals surface area contributed by atoms with Crippen LogP contribution in [0.1, 0.15) is 12.0 Å². The molecule has 1 aromatic carbocycles. The Morgan fingerprint density at radius 3 is 2.67 bits per heavy atom. The number of hydrogen-bond acceptors (Lipinski definition) is 5. The molecule has 0 bridgehead atoms. The second-order valence-corrected chi connectivity index (χ2v) is 7.28. The summed E-state index contributed by atoms with van der Waals surface area (Å²) in [5, 5.41) is 20.4. The van der Waals surface area contributed by atoms with Crippen LogP contribution in [0.15, 0.2) is 24.3 Å². The van der Waals surface area contributed by atoms with Gasteiger partial charge in [-0.05, 0) is 30.5 Å². The van der Waals surface area contributed by atoms with Crippen LogP contribution >= 0.6 is 0 Å². The molecule has 2 N–H and O–H groups in total. The first kappa shape index (κ1) is 19.7. The van der Waals surface area contributed by atoms with Crippen molar-refractivity contribution < 1.29 is 28.9 Å². The zero-order chi connectivity index (χ0) is 19.4. The molecule has 2 saturated heterocycles. The van der Waals surface area contributed by atoms with Crippen LogP contribution in [-0.4, -0.2) is 83.9 Å². The molecule has 2 heterocycles.